The summed E-state index contributed by atoms with van der Waals surface area (Å²) in [7, 11) is 3.37. The van der Waals surface area contributed by atoms with Crippen LogP contribution >= 0.6 is 11.8 Å². The number of ether oxygens (including phenoxy) is 2. The van der Waals surface area contributed by atoms with Gasteiger partial charge in [0.1, 0.15) is 0 Å². The van der Waals surface area contributed by atoms with Gasteiger partial charge < -0.3 is 14.8 Å². The summed E-state index contributed by atoms with van der Waals surface area (Å²) in [5, 5.41) is 3.63. The average Bonchev–Trinajstić information content (AvgIpc) is 2.55. The van der Waals surface area contributed by atoms with Gasteiger partial charge in [-0.2, -0.15) is 0 Å². The highest BCUT2D eigenvalue weighted by Crippen LogP contribution is 2.34. The maximum atomic E-state index is 5.41. The predicted octanol–water partition coefficient (Wildman–Crippen LogP) is 4.10. The summed E-state index contributed by atoms with van der Waals surface area (Å²) in [6.45, 7) is 2.02. The fourth-order valence-electron chi connectivity index (χ4n) is 3.03. The van der Waals surface area contributed by atoms with E-state index in [1.165, 1.54) is 42.6 Å². The van der Waals surface area contributed by atoms with E-state index in [1.54, 1.807) is 26.0 Å². The molecule has 0 spiro atoms. The Morgan fingerprint density at radius 2 is 1.76 bits per heavy atom. The quantitative estimate of drug-likeness (QED) is 0.768. The Balaban J connectivity index is 1.97. The molecule has 2 rings (SSSR count). The first-order chi connectivity index (χ1) is 10.3. The first-order valence-corrected chi connectivity index (χ1v) is 9.00. The van der Waals surface area contributed by atoms with Gasteiger partial charge in [0, 0.05) is 11.4 Å². The van der Waals surface area contributed by atoms with Crippen molar-refractivity contribution in [2.24, 2.45) is 5.92 Å². The third-order valence-electron chi connectivity index (χ3n) is 4.26. The summed E-state index contributed by atoms with van der Waals surface area (Å²) >= 11 is 1.75. The summed E-state index contributed by atoms with van der Waals surface area (Å²) in [4.78, 5) is 1.25. The normalized spacial score (nSPS) is 16.0. The van der Waals surface area contributed by atoms with E-state index in [2.05, 4.69) is 23.7 Å². The van der Waals surface area contributed by atoms with Crippen molar-refractivity contribution in [2.45, 2.75) is 43.5 Å². The van der Waals surface area contributed by atoms with Crippen molar-refractivity contribution in [2.75, 3.05) is 27.0 Å². The molecular formula is C17H27NO2S. The molecule has 118 valence electrons. The summed E-state index contributed by atoms with van der Waals surface area (Å²) in [5.41, 5.74) is 1.29. The molecule has 4 heteroatoms. The molecule has 3 nitrogen and oxygen atoms in total. The molecule has 0 unspecified atom stereocenters. The second-order valence-electron chi connectivity index (χ2n) is 5.65. The Bertz CT molecular complexity index is 445. The fraction of sp³-hybridized carbons (Fsp3) is 0.647. The molecule has 1 N–H and O–H groups in total. The zero-order chi connectivity index (χ0) is 15.1. The molecule has 1 saturated carbocycles. The Kier molecular flexibility index (Phi) is 6.71. The van der Waals surface area contributed by atoms with Gasteiger partial charge >= 0.3 is 0 Å². The number of hydrogen-bond donors (Lipinski definition) is 1. The topological polar surface area (TPSA) is 30.5 Å². The van der Waals surface area contributed by atoms with Crippen molar-refractivity contribution in [3.8, 4) is 11.5 Å². The lowest BCUT2D eigenvalue weighted by atomic mass is 9.89. The van der Waals surface area contributed by atoms with E-state index in [9.17, 15) is 0 Å². The number of nitrogens with one attached hydrogen (secondary N) is 1. The fourth-order valence-corrected chi connectivity index (χ4v) is 3.65. The first-order valence-electron chi connectivity index (χ1n) is 7.78. The molecule has 0 atom stereocenters. The van der Waals surface area contributed by atoms with Crippen molar-refractivity contribution in [3.63, 3.8) is 0 Å². The van der Waals surface area contributed by atoms with Crippen molar-refractivity contribution >= 4 is 11.8 Å². The number of hydrogen-bond acceptors (Lipinski definition) is 4. The molecule has 0 saturated heterocycles. The molecule has 1 aliphatic rings. The van der Waals surface area contributed by atoms with E-state index in [0.29, 0.717) is 0 Å². The van der Waals surface area contributed by atoms with Crippen LogP contribution in [0.3, 0.4) is 0 Å². The Morgan fingerprint density at radius 1 is 1.10 bits per heavy atom. The smallest absolute Gasteiger partial charge is 0.161 e. The van der Waals surface area contributed by atoms with Crippen LogP contribution in [0.5, 0.6) is 11.5 Å². The molecule has 0 radical (unpaired) electrons. The Morgan fingerprint density at radius 3 is 2.38 bits per heavy atom. The molecule has 1 aliphatic carbocycles. The lowest BCUT2D eigenvalue weighted by Crippen LogP contribution is -2.24. The van der Waals surface area contributed by atoms with Gasteiger partial charge in [0.25, 0.3) is 0 Å². The standard InChI is InChI=1S/C17H27NO2S/c1-19-15-9-14(17(21-3)10-16(15)20-2)12-18-11-13-7-5-4-6-8-13/h9-10,13,18H,4-8,11-12H2,1-3H3. The number of thioether (sulfide) groups is 1. The summed E-state index contributed by atoms with van der Waals surface area (Å²) in [5.74, 6) is 2.47. The number of rotatable bonds is 7. The maximum absolute atomic E-state index is 5.41. The molecule has 0 heterocycles. The van der Waals surface area contributed by atoms with Crippen molar-refractivity contribution in [1.82, 2.24) is 5.32 Å². The van der Waals surface area contributed by atoms with Crippen LogP contribution in [0, 0.1) is 5.92 Å². The third-order valence-corrected chi connectivity index (χ3v) is 5.08. The molecule has 0 amide bonds. The molecule has 21 heavy (non-hydrogen) atoms. The van der Waals surface area contributed by atoms with E-state index in [4.69, 9.17) is 9.47 Å². The van der Waals surface area contributed by atoms with Crippen LogP contribution in [0.4, 0.5) is 0 Å². The number of benzene rings is 1. The molecule has 0 bridgehead atoms. The predicted molar refractivity (Wildman–Crippen MR) is 89.6 cm³/mol. The van der Waals surface area contributed by atoms with E-state index >= 15 is 0 Å². The SMILES string of the molecule is COc1cc(CNCC2CCCCC2)c(SC)cc1OC. The van der Waals surface area contributed by atoms with E-state index < -0.39 is 0 Å². The molecule has 1 fully saturated rings. The molecule has 0 aliphatic heterocycles. The van der Waals surface area contributed by atoms with Gasteiger partial charge in [-0.1, -0.05) is 19.3 Å². The highest BCUT2D eigenvalue weighted by Gasteiger charge is 2.14. The van der Waals surface area contributed by atoms with E-state index in [-0.39, 0.29) is 0 Å². The average molecular weight is 309 g/mol. The van der Waals surface area contributed by atoms with Gasteiger partial charge in [-0.3, -0.25) is 0 Å². The van der Waals surface area contributed by atoms with Crippen LogP contribution in [-0.4, -0.2) is 27.0 Å². The van der Waals surface area contributed by atoms with E-state index in [1.807, 2.05) is 0 Å². The monoisotopic (exact) mass is 309 g/mol. The number of methoxy groups -OCH3 is 2. The Hall–Kier alpha value is -0.870. The molecule has 1 aromatic carbocycles. The van der Waals surface area contributed by atoms with E-state index in [0.717, 1.165) is 30.5 Å². The largest absolute Gasteiger partial charge is 0.493 e. The van der Waals surface area contributed by atoms with Gasteiger partial charge in [0.2, 0.25) is 0 Å². The van der Waals surface area contributed by atoms with Crippen LogP contribution in [-0.2, 0) is 6.54 Å². The van der Waals surface area contributed by atoms with Gasteiger partial charge in [0.15, 0.2) is 11.5 Å². The second-order valence-corrected chi connectivity index (χ2v) is 6.50. The van der Waals surface area contributed by atoms with Gasteiger partial charge in [-0.15, -0.1) is 11.8 Å². The highest BCUT2D eigenvalue weighted by molar-refractivity contribution is 7.98. The molecule has 1 aromatic rings. The van der Waals surface area contributed by atoms with Crippen molar-refractivity contribution in [3.05, 3.63) is 17.7 Å². The lowest BCUT2D eigenvalue weighted by molar-refractivity contribution is 0.340. The summed E-state index contributed by atoms with van der Waals surface area (Å²) < 4.78 is 10.8. The minimum atomic E-state index is 0.804. The summed E-state index contributed by atoms with van der Waals surface area (Å²) in [6.07, 6.45) is 9.09. The minimum Gasteiger partial charge on any atom is -0.493 e. The first kappa shape index (κ1) is 16.5. The van der Waals surface area contributed by atoms with Crippen LogP contribution in [0.1, 0.15) is 37.7 Å². The maximum Gasteiger partial charge on any atom is 0.161 e. The van der Waals surface area contributed by atoms with Crippen LogP contribution in [0.2, 0.25) is 0 Å². The van der Waals surface area contributed by atoms with Crippen LogP contribution in [0.25, 0.3) is 0 Å². The lowest BCUT2D eigenvalue weighted by Gasteiger charge is -2.22. The van der Waals surface area contributed by atoms with Gasteiger partial charge in [0.05, 0.1) is 14.2 Å². The zero-order valence-corrected chi connectivity index (χ0v) is 14.2. The zero-order valence-electron chi connectivity index (χ0n) is 13.4. The van der Waals surface area contributed by atoms with Crippen LogP contribution in [0.15, 0.2) is 17.0 Å². The van der Waals surface area contributed by atoms with Gasteiger partial charge in [-0.05, 0) is 49.3 Å². The molecular weight excluding hydrogens is 282 g/mol. The highest BCUT2D eigenvalue weighted by atomic mass is 32.2. The minimum absolute atomic E-state index is 0.804. The second kappa shape index (κ2) is 8.54. The van der Waals surface area contributed by atoms with Crippen LogP contribution < -0.4 is 14.8 Å². The molecule has 0 aromatic heterocycles. The summed E-state index contributed by atoms with van der Waals surface area (Å²) in [6, 6.07) is 4.17. The third kappa shape index (κ3) is 4.55. The Labute approximate surface area is 132 Å². The van der Waals surface area contributed by atoms with Crippen molar-refractivity contribution in [1.29, 1.82) is 0 Å². The van der Waals surface area contributed by atoms with Gasteiger partial charge in [-0.25, -0.2) is 0 Å². The van der Waals surface area contributed by atoms with Crippen molar-refractivity contribution < 1.29 is 9.47 Å².